The summed E-state index contributed by atoms with van der Waals surface area (Å²) in [6.45, 7) is 0.995. The second-order valence-corrected chi connectivity index (χ2v) is 5.93. The molecular weight excluding hydrogens is 272 g/mol. The molecule has 2 aromatic rings. The van der Waals surface area contributed by atoms with Gasteiger partial charge in [-0.3, -0.25) is 0 Å². The first kappa shape index (κ1) is 12.0. The summed E-state index contributed by atoms with van der Waals surface area (Å²) in [7, 11) is 0. The molecule has 0 saturated heterocycles. The Hall–Kier alpha value is -1.81. The minimum atomic E-state index is 0.297. The zero-order chi connectivity index (χ0) is 13.4. The van der Waals surface area contributed by atoms with Crippen LogP contribution in [0.3, 0.4) is 0 Å². The molecule has 1 atom stereocenters. The van der Waals surface area contributed by atoms with Crippen molar-refractivity contribution in [1.82, 2.24) is 0 Å². The van der Waals surface area contributed by atoms with Crippen molar-refractivity contribution in [2.75, 3.05) is 19.2 Å². The minimum absolute atomic E-state index is 0.297. The van der Waals surface area contributed by atoms with Crippen LogP contribution >= 0.6 is 11.8 Å². The molecule has 102 valence electrons. The first-order valence-corrected chi connectivity index (χ1v) is 7.63. The summed E-state index contributed by atoms with van der Waals surface area (Å²) < 4.78 is 16.6. The van der Waals surface area contributed by atoms with E-state index in [2.05, 4.69) is 24.3 Å². The van der Waals surface area contributed by atoms with Crippen LogP contribution in [0.4, 0.5) is 0 Å². The van der Waals surface area contributed by atoms with Gasteiger partial charge in [-0.1, -0.05) is 18.2 Å². The Bertz CT molecular complexity index is 641. The van der Waals surface area contributed by atoms with E-state index >= 15 is 0 Å². The average molecular weight is 286 g/mol. The molecule has 0 radical (unpaired) electrons. The smallest absolute Gasteiger partial charge is 0.231 e. The Morgan fingerprint density at radius 2 is 2.00 bits per heavy atom. The molecular formula is C16H14O3S. The Morgan fingerprint density at radius 1 is 1.10 bits per heavy atom. The Balaban J connectivity index is 1.46. The van der Waals surface area contributed by atoms with E-state index in [1.165, 1.54) is 10.5 Å². The normalized spacial score (nSPS) is 18.9. The number of rotatable bonds is 3. The summed E-state index contributed by atoms with van der Waals surface area (Å²) in [6.07, 6.45) is 0. The van der Waals surface area contributed by atoms with E-state index in [1.807, 2.05) is 30.0 Å². The molecule has 2 aliphatic heterocycles. The fourth-order valence-corrected chi connectivity index (χ4v) is 3.76. The van der Waals surface area contributed by atoms with Crippen molar-refractivity contribution < 1.29 is 14.2 Å². The zero-order valence-electron chi connectivity index (χ0n) is 10.9. The Labute approximate surface area is 121 Å². The molecule has 0 bridgehead atoms. The van der Waals surface area contributed by atoms with Gasteiger partial charge in [-0.25, -0.2) is 0 Å². The second-order valence-electron chi connectivity index (χ2n) is 4.87. The topological polar surface area (TPSA) is 27.7 Å². The van der Waals surface area contributed by atoms with Crippen LogP contribution in [0.5, 0.6) is 17.2 Å². The van der Waals surface area contributed by atoms with Crippen molar-refractivity contribution in [3.63, 3.8) is 0 Å². The predicted octanol–water partition coefficient (Wildman–Crippen LogP) is 3.68. The maximum absolute atomic E-state index is 5.92. The molecule has 4 heteroatoms. The van der Waals surface area contributed by atoms with Crippen molar-refractivity contribution in [3.05, 3.63) is 48.0 Å². The first-order chi connectivity index (χ1) is 9.90. The first-order valence-electron chi connectivity index (χ1n) is 6.64. The summed E-state index contributed by atoms with van der Waals surface area (Å²) in [5, 5.41) is 0. The van der Waals surface area contributed by atoms with Gasteiger partial charge in [0.25, 0.3) is 0 Å². The van der Waals surface area contributed by atoms with Crippen LogP contribution in [0.15, 0.2) is 47.4 Å². The second kappa shape index (κ2) is 4.94. The van der Waals surface area contributed by atoms with Crippen LogP contribution in [-0.4, -0.2) is 19.2 Å². The molecule has 1 unspecified atom stereocenters. The Morgan fingerprint density at radius 3 is 3.00 bits per heavy atom. The van der Waals surface area contributed by atoms with Crippen LogP contribution in [-0.2, 0) is 0 Å². The largest absolute Gasteiger partial charge is 0.493 e. The molecule has 0 N–H and O–H groups in total. The van der Waals surface area contributed by atoms with Crippen LogP contribution in [0.1, 0.15) is 11.5 Å². The molecule has 20 heavy (non-hydrogen) atoms. The van der Waals surface area contributed by atoms with Gasteiger partial charge in [0.2, 0.25) is 6.79 Å². The van der Waals surface area contributed by atoms with E-state index in [9.17, 15) is 0 Å². The van der Waals surface area contributed by atoms with Crippen LogP contribution in [0.2, 0.25) is 0 Å². The van der Waals surface area contributed by atoms with Crippen molar-refractivity contribution in [2.45, 2.75) is 10.8 Å². The van der Waals surface area contributed by atoms with E-state index in [0.29, 0.717) is 19.3 Å². The van der Waals surface area contributed by atoms with Crippen LogP contribution in [0.25, 0.3) is 0 Å². The summed E-state index contributed by atoms with van der Waals surface area (Å²) in [4.78, 5) is 1.38. The number of thioether (sulfide) groups is 1. The summed E-state index contributed by atoms with van der Waals surface area (Å²) >= 11 is 1.91. The maximum Gasteiger partial charge on any atom is 0.231 e. The third kappa shape index (κ3) is 2.10. The molecule has 0 aliphatic carbocycles. The quantitative estimate of drug-likeness (QED) is 0.860. The third-order valence-corrected chi connectivity index (χ3v) is 4.85. The van der Waals surface area contributed by atoms with Gasteiger partial charge in [-0.05, 0) is 23.8 Å². The zero-order valence-corrected chi connectivity index (χ0v) is 11.7. The van der Waals surface area contributed by atoms with Gasteiger partial charge in [0.1, 0.15) is 5.75 Å². The number of fused-ring (bicyclic) bond motifs is 2. The van der Waals surface area contributed by atoms with E-state index in [4.69, 9.17) is 14.2 Å². The average Bonchev–Trinajstić information content (AvgIpc) is 3.11. The highest BCUT2D eigenvalue weighted by Crippen LogP contribution is 2.40. The minimum Gasteiger partial charge on any atom is -0.493 e. The van der Waals surface area contributed by atoms with Gasteiger partial charge in [0.05, 0.1) is 6.61 Å². The van der Waals surface area contributed by atoms with E-state index in [-0.39, 0.29) is 0 Å². The number of hydrogen-bond donors (Lipinski definition) is 0. The molecule has 2 heterocycles. The van der Waals surface area contributed by atoms with Crippen molar-refractivity contribution >= 4 is 11.8 Å². The van der Waals surface area contributed by atoms with Gasteiger partial charge in [0, 0.05) is 22.6 Å². The van der Waals surface area contributed by atoms with Gasteiger partial charge in [-0.15, -0.1) is 11.8 Å². The SMILES string of the molecule is c1ccc2c(c1)SCC2COc1ccc2c(c1)OCO2. The van der Waals surface area contributed by atoms with E-state index in [0.717, 1.165) is 23.0 Å². The van der Waals surface area contributed by atoms with Gasteiger partial charge >= 0.3 is 0 Å². The lowest BCUT2D eigenvalue weighted by molar-refractivity contribution is 0.173. The lowest BCUT2D eigenvalue weighted by Gasteiger charge is -2.12. The van der Waals surface area contributed by atoms with Crippen molar-refractivity contribution in [1.29, 1.82) is 0 Å². The van der Waals surface area contributed by atoms with Gasteiger partial charge in [-0.2, -0.15) is 0 Å². The number of hydrogen-bond acceptors (Lipinski definition) is 4. The molecule has 4 rings (SSSR count). The summed E-state index contributed by atoms with van der Waals surface area (Å²) in [5.41, 5.74) is 1.40. The van der Waals surface area contributed by atoms with Gasteiger partial charge < -0.3 is 14.2 Å². The van der Waals surface area contributed by atoms with Crippen molar-refractivity contribution in [2.24, 2.45) is 0 Å². The van der Waals surface area contributed by atoms with Crippen molar-refractivity contribution in [3.8, 4) is 17.2 Å². The lowest BCUT2D eigenvalue weighted by Crippen LogP contribution is -2.09. The van der Waals surface area contributed by atoms with Gasteiger partial charge in [0.15, 0.2) is 11.5 Å². The fourth-order valence-electron chi connectivity index (χ4n) is 2.53. The molecule has 0 aromatic heterocycles. The highest BCUT2D eigenvalue weighted by molar-refractivity contribution is 7.99. The molecule has 0 fully saturated rings. The monoisotopic (exact) mass is 286 g/mol. The Kier molecular flexibility index (Phi) is 2.96. The molecule has 2 aromatic carbocycles. The maximum atomic E-state index is 5.92. The molecule has 0 spiro atoms. The number of ether oxygens (including phenoxy) is 3. The standard InChI is InChI=1S/C16H14O3S/c1-2-4-16-13(3-1)11(9-20-16)8-17-12-5-6-14-15(7-12)19-10-18-14/h1-7,11H,8-10H2. The lowest BCUT2D eigenvalue weighted by atomic mass is 10.0. The van der Waals surface area contributed by atoms with Crippen LogP contribution in [0, 0.1) is 0 Å². The molecule has 3 nitrogen and oxygen atoms in total. The third-order valence-electron chi connectivity index (χ3n) is 3.59. The molecule has 2 aliphatic rings. The molecule has 0 saturated carbocycles. The highest BCUT2D eigenvalue weighted by Gasteiger charge is 2.23. The van der Waals surface area contributed by atoms with E-state index in [1.54, 1.807) is 0 Å². The fraction of sp³-hybridized carbons (Fsp3) is 0.250. The summed E-state index contributed by atoms with van der Waals surface area (Å²) in [6, 6.07) is 14.3. The highest BCUT2D eigenvalue weighted by atomic mass is 32.2. The van der Waals surface area contributed by atoms with Crippen LogP contribution < -0.4 is 14.2 Å². The number of benzene rings is 2. The van der Waals surface area contributed by atoms with E-state index < -0.39 is 0 Å². The predicted molar refractivity (Wildman–Crippen MR) is 78.0 cm³/mol. The molecule has 0 amide bonds. The summed E-state index contributed by atoms with van der Waals surface area (Å²) in [5.74, 6) is 3.94.